The number of nitrogens with one attached hydrogen (secondary N) is 1. The van der Waals surface area contributed by atoms with E-state index in [2.05, 4.69) is 36.1 Å². The summed E-state index contributed by atoms with van der Waals surface area (Å²) in [5.41, 5.74) is 1.62. The van der Waals surface area contributed by atoms with Gasteiger partial charge in [0.05, 0.1) is 6.04 Å². The van der Waals surface area contributed by atoms with Crippen LogP contribution >= 0.6 is 0 Å². The van der Waals surface area contributed by atoms with Crippen molar-refractivity contribution < 1.29 is 4.74 Å². The minimum absolute atomic E-state index is 0.0234. The van der Waals surface area contributed by atoms with Crippen LogP contribution in [0, 0.1) is 5.41 Å². The molecule has 1 N–H and O–H groups in total. The van der Waals surface area contributed by atoms with E-state index < -0.39 is 0 Å². The summed E-state index contributed by atoms with van der Waals surface area (Å²) in [5.74, 6) is 2.07. The molecule has 4 aromatic rings. The van der Waals surface area contributed by atoms with Crippen molar-refractivity contribution in [3.8, 4) is 11.5 Å². The quantitative estimate of drug-likeness (QED) is 0.420. The van der Waals surface area contributed by atoms with Gasteiger partial charge in [0.25, 0.3) is 5.56 Å². The molecule has 0 bridgehead atoms. The number of nitrogens with zero attached hydrogens (tertiary/aromatic N) is 3. The number of fused-ring (bicyclic) bond motifs is 1. The van der Waals surface area contributed by atoms with E-state index in [1.54, 1.807) is 22.9 Å². The summed E-state index contributed by atoms with van der Waals surface area (Å²) >= 11 is 0. The normalized spacial score (nSPS) is 12.5. The highest BCUT2D eigenvalue weighted by Gasteiger charge is 2.16. The maximum Gasteiger partial charge on any atom is 0.252 e. The molecule has 1 atom stereocenters. The van der Waals surface area contributed by atoms with Crippen LogP contribution in [0.25, 0.3) is 11.0 Å². The SMILES string of the molecule is C[C@H](Nc1ncc2ccc(=O)n(CC(C)(C)C)c2n1)c1ccc(Oc2ccccc2)cc1. The minimum atomic E-state index is -0.0564. The number of anilines is 1. The lowest BCUT2D eigenvalue weighted by Gasteiger charge is -2.21. The van der Waals surface area contributed by atoms with Gasteiger partial charge in [0.2, 0.25) is 5.95 Å². The number of hydrogen-bond donors (Lipinski definition) is 1. The first-order valence-electron chi connectivity index (χ1n) is 10.7. The van der Waals surface area contributed by atoms with E-state index in [0.717, 1.165) is 22.4 Å². The van der Waals surface area contributed by atoms with Crippen LogP contribution in [0.3, 0.4) is 0 Å². The molecule has 6 heteroatoms. The Morgan fingerprint density at radius 2 is 1.66 bits per heavy atom. The van der Waals surface area contributed by atoms with Gasteiger partial charge in [0.1, 0.15) is 17.1 Å². The van der Waals surface area contributed by atoms with Crippen LogP contribution in [0.5, 0.6) is 11.5 Å². The molecule has 0 aliphatic rings. The second-order valence-corrected chi connectivity index (χ2v) is 9.14. The van der Waals surface area contributed by atoms with E-state index in [4.69, 9.17) is 4.74 Å². The number of pyridine rings is 1. The Morgan fingerprint density at radius 3 is 2.34 bits per heavy atom. The maximum atomic E-state index is 12.5. The molecule has 0 amide bonds. The lowest BCUT2D eigenvalue weighted by Crippen LogP contribution is -2.27. The summed E-state index contributed by atoms with van der Waals surface area (Å²) in [4.78, 5) is 21.6. The molecule has 0 spiro atoms. The monoisotopic (exact) mass is 428 g/mol. The van der Waals surface area contributed by atoms with Crippen LogP contribution < -0.4 is 15.6 Å². The molecule has 0 saturated heterocycles. The van der Waals surface area contributed by atoms with E-state index >= 15 is 0 Å². The fourth-order valence-corrected chi connectivity index (χ4v) is 3.49. The molecule has 0 unspecified atom stereocenters. The second-order valence-electron chi connectivity index (χ2n) is 9.14. The molecular formula is C26H28N4O2. The Labute approximate surface area is 187 Å². The maximum absolute atomic E-state index is 12.5. The molecule has 0 aliphatic heterocycles. The molecule has 2 aromatic carbocycles. The predicted molar refractivity (Wildman–Crippen MR) is 128 cm³/mol. The summed E-state index contributed by atoms with van der Waals surface area (Å²) in [6.45, 7) is 8.94. The third-order valence-corrected chi connectivity index (χ3v) is 5.06. The number of ether oxygens (including phenoxy) is 1. The lowest BCUT2D eigenvalue weighted by molar-refractivity contribution is 0.343. The van der Waals surface area contributed by atoms with Crippen molar-refractivity contribution in [2.75, 3.05) is 5.32 Å². The Kier molecular flexibility index (Phi) is 5.95. The molecule has 32 heavy (non-hydrogen) atoms. The number of benzene rings is 2. The molecule has 0 saturated carbocycles. The van der Waals surface area contributed by atoms with E-state index in [9.17, 15) is 4.79 Å². The topological polar surface area (TPSA) is 69.0 Å². The van der Waals surface area contributed by atoms with Crippen molar-refractivity contribution in [1.29, 1.82) is 0 Å². The largest absolute Gasteiger partial charge is 0.457 e. The zero-order chi connectivity index (χ0) is 22.7. The van der Waals surface area contributed by atoms with Crippen LogP contribution in [-0.4, -0.2) is 14.5 Å². The highest BCUT2D eigenvalue weighted by molar-refractivity contribution is 5.75. The summed E-state index contributed by atoms with van der Waals surface area (Å²) in [6.07, 6.45) is 1.76. The van der Waals surface area contributed by atoms with Gasteiger partial charge in [-0.3, -0.25) is 9.36 Å². The van der Waals surface area contributed by atoms with Crippen LogP contribution in [0.2, 0.25) is 0 Å². The zero-order valence-electron chi connectivity index (χ0n) is 18.9. The van der Waals surface area contributed by atoms with E-state index in [-0.39, 0.29) is 17.0 Å². The van der Waals surface area contributed by atoms with E-state index in [0.29, 0.717) is 18.1 Å². The first-order valence-corrected chi connectivity index (χ1v) is 10.7. The number of aromatic nitrogens is 3. The first kappa shape index (κ1) is 21.6. The van der Waals surface area contributed by atoms with Crippen molar-refractivity contribution in [3.63, 3.8) is 0 Å². The van der Waals surface area contributed by atoms with Gasteiger partial charge in [-0.25, -0.2) is 4.98 Å². The number of hydrogen-bond acceptors (Lipinski definition) is 5. The third kappa shape index (κ3) is 5.14. The van der Waals surface area contributed by atoms with Crippen molar-refractivity contribution in [1.82, 2.24) is 14.5 Å². The standard InChI is InChI=1S/C26H28N4O2/c1-18(19-10-13-22(14-11-19)32-21-8-6-5-7-9-21)28-25-27-16-20-12-15-23(31)30(24(20)29-25)17-26(2,3)4/h5-16,18H,17H2,1-4H3,(H,27,28,29)/t18-/m0/s1. The molecule has 0 radical (unpaired) electrons. The van der Waals surface area contributed by atoms with Crippen LogP contribution in [0.15, 0.2) is 77.7 Å². The zero-order valence-corrected chi connectivity index (χ0v) is 18.9. The van der Waals surface area contributed by atoms with Crippen LogP contribution in [0.1, 0.15) is 39.3 Å². The van der Waals surface area contributed by atoms with Crippen molar-refractivity contribution >= 4 is 17.0 Å². The van der Waals surface area contributed by atoms with Crippen molar-refractivity contribution in [3.05, 3.63) is 88.8 Å². The third-order valence-electron chi connectivity index (χ3n) is 5.06. The summed E-state index contributed by atoms with van der Waals surface area (Å²) in [7, 11) is 0. The summed E-state index contributed by atoms with van der Waals surface area (Å²) < 4.78 is 7.59. The Bertz CT molecular complexity index is 1260. The summed E-state index contributed by atoms with van der Waals surface area (Å²) in [6, 6.07) is 21.0. The second kappa shape index (κ2) is 8.83. The van der Waals surface area contributed by atoms with E-state index in [1.807, 2.05) is 61.5 Å². The lowest BCUT2D eigenvalue weighted by atomic mass is 9.97. The van der Waals surface area contributed by atoms with Crippen molar-refractivity contribution in [2.24, 2.45) is 5.41 Å². The smallest absolute Gasteiger partial charge is 0.252 e. The van der Waals surface area contributed by atoms with E-state index in [1.165, 1.54) is 0 Å². The molecule has 4 rings (SSSR count). The molecule has 2 aromatic heterocycles. The Balaban J connectivity index is 1.53. The van der Waals surface area contributed by atoms with Gasteiger partial charge in [0.15, 0.2) is 0 Å². The van der Waals surface area contributed by atoms with Gasteiger partial charge >= 0.3 is 0 Å². The van der Waals surface area contributed by atoms with Crippen LogP contribution in [0.4, 0.5) is 5.95 Å². The van der Waals surface area contributed by atoms with Gasteiger partial charge in [-0.05, 0) is 48.2 Å². The Morgan fingerprint density at radius 1 is 0.969 bits per heavy atom. The van der Waals surface area contributed by atoms with Gasteiger partial charge in [-0.1, -0.05) is 51.1 Å². The fourth-order valence-electron chi connectivity index (χ4n) is 3.49. The van der Waals surface area contributed by atoms with Gasteiger partial charge < -0.3 is 10.1 Å². The highest BCUT2D eigenvalue weighted by atomic mass is 16.5. The molecule has 6 nitrogen and oxygen atoms in total. The molecule has 164 valence electrons. The predicted octanol–water partition coefficient (Wildman–Crippen LogP) is 5.80. The average Bonchev–Trinajstić information content (AvgIpc) is 2.76. The van der Waals surface area contributed by atoms with Crippen molar-refractivity contribution in [2.45, 2.75) is 40.3 Å². The number of para-hydroxylation sites is 1. The average molecular weight is 429 g/mol. The van der Waals surface area contributed by atoms with Gasteiger partial charge in [-0.15, -0.1) is 0 Å². The van der Waals surface area contributed by atoms with Crippen LogP contribution in [-0.2, 0) is 6.54 Å². The Hall–Kier alpha value is -3.67. The fraction of sp³-hybridized carbons (Fsp3) is 0.269. The number of rotatable bonds is 6. The molecule has 0 fully saturated rings. The minimum Gasteiger partial charge on any atom is -0.457 e. The summed E-state index contributed by atoms with van der Waals surface area (Å²) in [5, 5.41) is 4.19. The first-order chi connectivity index (χ1) is 15.3. The molecule has 0 aliphatic carbocycles. The highest BCUT2D eigenvalue weighted by Crippen LogP contribution is 2.25. The van der Waals surface area contributed by atoms with Gasteiger partial charge in [-0.2, -0.15) is 4.98 Å². The van der Waals surface area contributed by atoms with Gasteiger partial charge in [0, 0.05) is 24.2 Å². The molecule has 2 heterocycles. The molecular weight excluding hydrogens is 400 g/mol.